The van der Waals surface area contributed by atoms with Gasteiger partial charge in [0, 0.05) is 36.8 Å². The second-order valence-electron chi connectivity index (χ2n) is 6.85. The van der Waals surface area contributed by atoms with Crippen molar-refractivity contribution in [3.8, 4) is 11.3 Å². The van der Waals surface area contributed by atoms with Gasteiger partial charge in [0.1, 0.15) is 5.82 Å². The van der Waals surface area contributed by atoms with E-state index in [1.807, 2.05) is 62.8 Å². The fraction of sp³-hybridized carbons (Fsp3) is 0.304. The molecule has 5 nitrogen and oxygen atoms in total. The van der Waals surface area contributed by atoms with E-state index in [1.54, 1.807) is 11.1 Å². The second kappa shape index (κ2) is 8.74. The molecule has 0 aliphatic heterocycles. The Bertz CT molecular complexity index is 956. The van der Waals surface area contributed by atoms with Crippen LogP contribution < -0.4 is 0 Å². The molecule has 0 aliphatic carbocycles. The highest BCUT2D eigenvalue weighted by atomic mass is 16.2. The number of hydrogen-bond acceptors (Lipinski definition) is 4. The van der Waals surface area contributed by atoms with Crippen molar-refractivity contribution in [1.29, 1.82) is 0 Å². The van der Waals surface area contributed by atoms with Crippen LogP contribution in [0.3, 0.4) is 0 Å². The number of aromatic nitrogens is 3. The average molecular weight is 374 g/mol. The van der Waals surface area contributed by atoms with E-state index in [0.717, 1.165) is 41.1 Å². The van der Waals surface area contributed by atoms with Crippen molar-refractivity contribution >= 4 is 5.91 Å². The summed E-state index contributed by atoms with van der Waals surface area (Å²) < 4.78 is 0. The third-order valence-electron chi connectivity index (χ3n) is 4.99. The molecule has 3 aromatic rings. The molecule has 2 heterocycles. The van der Waals surface area contributed by atoms with Crippen LogP contribution in [0.4, 0.5) is 0 Å². The van der Waals surface area contributed by atoms with E-state index in [9.17, 15) is 4.79 Å². The molecule has 0 radical (unpaired) electrons. The summed E-state index contributed by atoms with van der Waals surface area (Å²) >= 11 is 0. The molecule has 3 rings (SSSR count). The summed E-state index contributed by atoms with van der Waals surface area (Å²) in [7, 11) is 1.85. The number of rotatable bonds is 6. The Morgan fingerprint density at radius 2 is 1.96 bits per heavy atom. The van der Waals surface area contributed by atoms with Gasteiger partial charge in [-0.1, -0.05) is 32.0 Å². The molecule has 1 aromatic carbocycles. The summed E-state index contributed by atoms with van der Waals surface area (Å²) in [5, 5.41) is 0. The highest BCUT2D eigenvalue weighted by Crippen LogP contribution is 2.26. The Labute approximate surface area is 166 Å². The average Bonchev–Trinajstić information content (AvgIpc) is 2.74. The number of carbonyl (C=O) groups is 1. The maximum atomic E-state index is 13.2. The summed E-state index contributed by atoms with van der Waals surface area (Å²) in [5.41, 5.74) is 4.60. The molecule has 0 fully saturated rings. The van der Waals surface area contributed by atoms with Crippen molar-refractivity contribution in [2.24, 2.45) is 0 Å². The molecule has 2 aromatic heterocycles. The Balaban J connectivity index is 1.93. The van der Waals surface area contributed by atoms with Gasteiger partial charge >= 0.3 is 0 Å². The normalized spacial score (nSPS) is 11.9. The zero-order valence-corrected chi connectivity index (χ0v) is 16.9. The molecule has 5 heteroatoms. The first-order valence-electron chi connectivity index (χ1n) is 9.65. The van der Waals surface area contributed by atoms with Crippen molar-refractivity contribution in [2.75, 3.05) is 7.05 Å². The van der Waals surface area contributed by atoms with Gasteiger partial charge in [-0.2, -0.15) is 0 Å². The van der Waals surface area contributed by atoms with Crippen molar-refractivity contribution in [3.05, 3.63) is 77.5 Å². The Morgan fingerprint density at radius 3 is 2.64 bits per heavy atom. The molecule has 0 aliphatic rings. The van der Waals surface area contributed by atoms with Gasteiger partial charge in [0.15, 0.2) is 0 Å². The van der Waals surface area contributed by atoms with Gasteiger partial charge in [-0.25, -0.2) is 9.97 Å². The molecule has 28 heavy (non-hydrogen) atoms. The molecule has 0 saturated carbocycles. The summed E-state index contributed by atoms with van der Waals surface area (Å²) in [6, 6.07) is 11.6. The number of amides is 1. The maximum Gasteiger partial charge on any atom is 0.254 e. The van der Waals surface area contributed by atoms with E-state index in [1.165, 1.54) is 0 Å². The monoisotopic (exact) mass is 374 g/mol. The molecule has 144 valence electrons. The number of hydrogen-bond donors (Lipinski definition) is 0. The SMILES string of the molecule is CCc1cnc(C)nc1-c1cccc(C(=O)N(C)[C@H](CC)c2cccnc2)c1. The van der Waals surface area contributed by atoms with E-state index in [-0.39, 0.29) is 11.9 Å². The van der Waals surface area contributed by atoms with Gasteiger partial charge in [-0.05, 0) is 49.1 Å². The predicted molar refractivity (Wildman–Crippen MR) is 111 cm³/mol. The van der Waals surface area contributed by atoms with Crippen LogP contribution in [-0.2, 0) is 6.42 Å². The molecule has 0 bridgehead atoms. The maximum absolute atomic E-state index is 13.2. The summed E-state index contributed by atoms with van der Waals surface area (Å²) in [6.45, 7) is 6.04. The minimum absolute atomic E-state index is 0.0126. The lowest BCUT2D eigenvalue weighted by molar-refractivity contribution is 0.0726. The second-order valence-corrected chi connectivity index (χ2v) is 6.85. The molecular weight excluding hydrogens is 348 g/mol. The van der Waals surface area contributed by atoms with Crippen LogP contribution in [0, 0.1) is 6.92 Å². The van der Waals surface area contributed by atoms with Gasteiger partial charge in [0.2, 0.25) is 0 Å². The highest BCUT2D eigenvalue weighted by Gasteiger charge is 2.22. The van der Waals surface area contributed by atoms with Gasteiger partial charge in [0.05, 0.1) is 11.7 Å². The molecular formula is C23H26N4O. The smallest absolute Gasteiger partial charge is 0.254 e. The first-order valence-corrected chi connectivity index (χ1v) is 9.65. The summed E-state index contributed by atoms with van der Waals surface area (Å²) in [5.74, 6) is 0.713. The third-order valence-corrected chi connectivity index (χ3v) is 4.99. The molecule has 1 atom stereocenters. The van der Waals surface area contributed by atoms with Crippen LogP contribution >= 0.6 is 0 Å². The molecule has 1 amide bonds. The number of nitrogens with zero attached hydrogens (tertiary/aromatic N) is 4. The number of pyridine rings is 1. The van der Waals surface area contributed by atoms with Crippen molar-refractivity contribution in [2.45, 2.75) is 39.7 Å². The van der Waals surface area contributed by atoms with Crippen LogP contribution in [0.1, 0.15) is 53.6 Å². The van der Waals surface area contributed by atoms with Crippen LogP contribution in [0.15, 0.2) is 55.0 Å². The number of aryl methyl sites for hydroxylation is 2. The van der Waals surface area contributed by atoms with E-state index in [0.29, 0.717) is 5.56 Å². The van der Waals surface area contributed by atoms with Crippen molar-refractivity contribution in [3.63, 3.8) is 0 Å². The molecule has 0 unspecified atom stereocenters. The first kappa shape index (κ1) is 19.7. The minimum Gasteiger partial charge on any atom is -0.335 e. The van der Waals surface area contributed by atoms with Gasteiger partial charge < -0.3 is 4.90 Å². The predicted octanol–water partition coefficient (Wildman–Crippen LogP) is 4.63. The molecule has 0 spiro atoms. The lowest BCUT2D eigenvalue weighted by Crippen LogP contribution is -2.31. The quantitative estimate of drug-likeness (QED) is 0.631. The van der Waals surface area contributed by atoms with Gasteiger partial charge in [-0.15, -0.1) is 0 Å². The lowest BCUT2D eigenvalue weighted by Gasteiger charge is -2.27. The highest BCUT2D eigenvalue weighted by molar-refractivity contribution is 5.95. The van der Waals surface area contributed by atoms with Crippen LogP contribution in [-0.4, -0.2) is 32.8 Å². The zero-order chi connectivity index (χ0) is 20.1. The van der Waals surface area contributed by atoms with Gasteiger partial charge in [-0.3, -0.25) is 9.78 Å². The van der Waals surface area contributed by atoms with Gasteiger partial charge in [0.25, 0.3) is 5.91 Å². The van der Waals surface area contributed by atoms with Crippen molar-refractivity contribution < 1.29 is 4.79 Å². The van der Waals surface area contributed by atoms with E-state index in [4.69, 9.17) is 0 Å². The van der Waals surface area contributed by atoms with Crippen LogP contribution in [0.2, 0.25) is 0 Å². The van der Waals surface area contributed by atoms with Crippen LogP contribution in [0.5, 0.6) is 0 Å². The number of benzene rings is 1. The Morgan fingerprint density at radius 1 is 1.14 bits per heavy atom. The van der Waals surface area contributed by atoms with Crippen LogP contribution in [0.25, 0.3) is 11.3 Å². The minimum atomic E-state index is -0.0163. The number of carbonyl (C=O) groups excluding carboxylic acids is 1. The Kier molecular flexibility index (Phi) is 6.14. The largest absolute Gasteiger partial charge is 0.335 e. The van der Waals surface area contributed by atoms with E-state index in [2.05, 4.69) is 28.8 Å². The summed E-state index contributed by atoms with van der Waals surface area (Å²) in [4.78, 5) is 28.1. The van der Waals surface area contributed by atoms with E-state index >= 15 is 0 Å². The topological polar surface area (TPSA) is 59.0 Å². The first-order chi connectivity index (χ1) is 13.5. The zero-order valence-electron chi connectivity index (χ0n) is 16.9. The summed E-state index contributed by atoms with van der Waals surface area (Å²) in [6.07, 6.45) is 7.10. The molecule has 0 saturated heterocycles. The Hall–Kier alpha value is -3.08. The third kappa shape index (κ3) is 4.09. The fourth-order valence-corrected chi connectivity index (χ4v) is 3.45. The van der Waals surface area contributed by atoms with Crippen molar-refractivity contribution in [1.82, 2.24) is 19.9 Å². The lowest BCUT2D eigenvalue weighted by atomic mass is 10.0. The van der Waals surface area contributed by atoms with E-state index < -0.39 is 0 Å². The fourth-order valence-electron chi connectivity index (χ4n) is 3.45. The standard InChI is InChI=1S/C23H26N4O/c1-5-17-15-25-16(3)26-22(17)18-9-7-10-19(13-18)23(28)27(4)21(6-2)20-11-8-12-24-14-20/h7-15,21H,5-6H2,1-4H3/t21-/m1/s1. The molecule has 0 N–H and O–H groups in total.